The fourth-order valence-electron chi connectivity index (χ4n) is 3.32. The van der Waals surface area contributed by atoms with Crippen LogP contribution in [0.4, 0.5) is 5.69 Å². The van der Waals surface area contributed by atoms with Crippen LogP contribution >= 0.6 is 11.8 Å². The molecule has 0 radical (unpaired) electrons. The maximum atomic E-state index is 12.6. The molecule has 1 atom stereocenters. The number of amides is 1. The lowest BCUT2D eigenvalue weighted by molar-refractivity contribution is -0.113. The van der Waals surface area contributed by atoms with Gasteiger partial charge in [0.2, 0.25) is 5.91 Å². The number of hydrogen-bond acceptors (Lipinski definition) is 7. The molecule has 34 heavy (non-hydrogen) atoms. The highest BCUT2D eigenvalue weighted by molar-refractivity contribution is 7.99. The second-order valence-electron chi connectivity index (χ2n) is 7.60. The molecule has 0 spiro atoms. The van der Waals surface area contributed by atoms with Crippen LogP contribution in [0.5, 0.6) is 17.2 Å². The van der Waals surface area contributed by atoms with E-state index in [1.807, 2.05) is 43.5 Å². The number of carbonyl (C=O) groups excluding carboxylic acids is 1. The van der Waals surface area contributed by atoms with Crippen LogP contribution in [0.3, 0.4) is 0 Å². The number of carbonyl (C=O) groups is 1. The van der Waals surface area contributed by atoms with E-state index < -0.39 is 0 Å². The number of nitrogens with zero attached hydrogens (tertiary/aromatic N) is 3. The van der Waals surface area contributed by atoms with E-state index >= 15 is 0 Å². The zero-order valence-corrected chi connectivity index (χ0v) is 20.9. The number of ether oxygens (including phenoxy) is 3. The van der Waals surface area contributed by atoms with E-state index in [1.54, 1.807) is 38.5 Å². The number of allylic oxidation sites excluding steroid dienone is 1. The largest absolute Gasteiger partial charge is 0.497 e. The van der Waals surface area contributed by atoms with Crippen LogP contribution in [0.1, 0.15) is 30.0 Å². The van der Waals surface area contributed by atoms with Gasteiger partial charge in [-0.1, -0.05) is 30.0 Å². The average Bonchev–Trinajstić information content (AvgIpc) is 3.23. The molecule has 1 unspecified atom stereocenters. The van der Waals surface area contributed by atoms with E-state index in [9.17, 15) is 4.79 Å². The van der Waals surface area contributed by atoms with Gasteiger partial charge < -0.3 is 19.5 Å². The molecule has 1 aromatic heterocycles. The quantitative estimate of drug-likeness (QED) is 0.305. The van der Waals surface area contributed by atoms with Gasteiger partial charge in [0.25, 0.3) is 0 Å². The lowest BCUT2D eigenvalue weighted by Gasteiger charge is -2.18. The Balaban J connectivity index is 1.70. The summed E-state index contributed by atoms with van der Waals surface area (Å²) in [7, 11) is 3.12. The maximum absolute atomic E-state index is 12.6. The molecule has 8 nitrogen and oxygen atoms in total. The Labute approximate surface area is 204 Å². The second-order valence-corrected chi connectivity index (χ2v) is 8.54. The van der Waals surface area contributed by atoms with Gasteiger partial charge in [-0.25, -0.2) is 0 Å². The standard InChI is InChI=1S/C25H30N4O4S/c1-7-13-29-24(18(4)33-21-10-8-9-16(2)17(21)3)27-28-25(29)34-15-23(30)26-20-12-11-19(31-5)14-22(20)32-6/h7-12,14,18H,1,13,15H2,2-6H3,(H,26,30). The molecule has 3 aromatic rings. The Bertz CT molecular complexity index is 1160. The summed E-state index contributed by atoms with van der Waals surface area (Å²) < 4.78 is 18.6. The molecule has 0 saturated carbocycles. The fourth-order valence-corrected chi connectivity index (χ4v) is 4.08. The third kappa shape index (κ3) is 5.91. The summed E-state index contributed by atoms with van der Waals surface area (Å²) in [6, 6.07) is 11.2. The lowest BCUT2D eigenvalue weighted by Crippen LogP contribution is -2.16. The van der Waals surface area contributed by atoms with Crippen LogP contribution in [-0.2, 0) is 11.3 Å². The number of benzene rings is 2. The van der Waals surface area contributed by atoms with Crippen molar-refractivity contribution in [2.24, 2.45) is 0 Å². The van der Waals surface area contributed by atoms with E-state index in [4.69, 9.17) is 14.2 Å². The van der Waals surface area contributed by atoms with E-state index in [0.717, 1.165) is 16.9 Å². The molecule has 0 bridgehead atoms. The van der Waals surface area contributed by atoms with Gasteiger partial charge in [0, 0.05) is 12.6 Å². The molecule has 1 N–H and O–H groups in total. The molecule has 1 heterocycles. The first-order valence-electron chi connectivity index (χ1n) is 10.8. The molecule has 9 heteroatoms. The first kappa shape index (κ1) is 25.2. The van der Waals surface area contributed by atoms with Crippen LogP contribution in [0.25, 0.3) is 0 Å². The van der Waals surface area contributed by atoms with Crippen molar-refractivity contribution in [1.82, 2.24) is 14.8 Å². The van der Waals surface area contributed by atoms with Crippen molar-refractivity contribution in [1.29, 1.82) is 0 Å². The van der Waals surface area contributed by atoms with Gasteiger partial charge in [-0.2, -0.15) is 0 Å². The van der Waals surface area contributed by atoms with E-state index in [1.165, 1.54) is 11.8 Å². The minimum absolute atomic E-state index is 0.149. The summed E-state index contributed by atoms with van der Waals surface area (Å²) >= 11 is 1.29. The van der Waals surface area contributed by atoms with E-state index in [2.05, 4.69) is 22.1 Å². The number of aryl methyl sites for hydroxylation is 1. The number of aromatic nitrogens is 3. The Hall–Kier alpha value is -3.46. The summed E-state index contributed by atoms with van der Waals surface area (Å²) in [6.07, 6.45) is 1.43. The monoisotopic (exact) mass is 482 g/mol. The molecule has 1 amide bonds. The Morgan fingerprint density at radius 3 is 2.68 bits per heavy atom. The van der Waals surface area contributed by atoms with Crippen LogP contribution in [0, 0.1) is 13.8 Å². The lowest BCUT2D eigenvalue weighted by atomic mass is 10.1. The molecule has 0 saturated heterocycles. The van der Waals surface area contributed by atoms with Crippen LogP contribution in [0.2, 0.25) is 0 Å². The Morgan fingerprint density at radius 2 is 1.97 bits per heavy atom. The van der Waals surface area contributed by atoms with Crippen molar-refractivity contribution in [3.05, 3.63) is 66.0 Å². The molecule has 0 aliphatic carbocycles. The summed E-state index contributed by atoms with van der Waals surface area (Å²) in [5, 5.41) is 12.1. The van der Waals surface area contributed by atoms with Crippen molar-refractivity contribution >= 4 is 23.4 Å². The predicted octanol–water partition coefficient (Wildman–Crippen LogP) is 4.97. The molecule has 0 aliphatic rings. The molecule has 2 aromatic carbocycles. The highest BCUT2D eigenvalue weighted by Gasteiger charge is 2.21. The van der Waals surface area contributed by atoms with Gasteiger partial charge in [0.05, 0.1) is 25.7 Å². The van der Waals surface area contributed by atoms with Gasteiger partial charge in [0.1, 0.15) is 17.2 Å². The summed E-state index contributed by atoms with van der Waals surface area (Å²) in [4.78, 5) is 12.6. The number of hydrogen-bond donors (Lipinski definition) is 1. The number of thioether (sulfide) groups is 1. The van der Waals surface area contributed by atoms with Crippen LogP contribution in [-0.4, -0.2) is 40.6 Å². The number of methoxy groups -OCH3 is 2. The fraction of sp³-hybridized carbons (Fsp3) is 0.320. The molecular weight excluding hydrogens is 452 g/mol. The Kier molecular flexibility index (Phi) is 8.59. The Morgan fingerprint density at radius 1 is 1.18 bits per heavy atom. The molecule has 3 rings (SSSR count). The van der Waals surface area contributed by atoms with Crippen molar-refractivity contribution in [3.8, 4) is 17.2 Å². The second kappa shape index (κ2) is 11.6. The normalized spacial score (nSPS) is 11.6. The maximum Gasteiger partial charge on any atom is 0.234 e. The third-order valence-corrected chi connectivity index (χ3v) is 6.26. The summed E-state index contributed by atoms with van der Waals surface area (Å²) in [5.41, 5.74) is 2.81. The first-order valence-corrected chi connectivity index (χ1v) is 11.8. The molecule has 180 valence electrons. The smallest absolute Gasteiger partial charge is 0.234 e. The van der Waals surface area contributed by atoms with Crippen molar-refractivity contribution in [3.63, 3.8) is 0 Å². The summed E-state index contributed by atoms with van der Waals surface area (Å²) in [5.74, 6) is 2.60. The predicted molar refractivity (Wildman–Crippen MR) is 134 cm³/mol. The highest BCUT2D eigenvalue weighted by Crippen LogP contribution is 2.30. The average molecular weight is 483 g/mol. The first-order chi connectivity index (χ1) is 16.4. The van der Waals surface area contributed by atoms with Gasteiger partial charge in [-0.05, 0) is 50.1 Å². The minimum Gasteiger partial charge on any atom is -0.497 e. The molecular formula is C25H30N4O4S. The van der Waals surface area contributed by atoms with Crippen molar-refractivity contribution in [2.75, 3.05) is 25.3 Å². The van der Waals surface area contributed by atoms with Crippen LogP contribution in [0.15, 0.2) is 54.2 Å². The van der Waals surface area contributed by atoms with E-state index in [0.29, 0.717) is 34.7 Å². The number of anilines is 1. The van der Waals surface area contributed by atoms with Crippen molar-refractivity contribution < 1.29 is 19.0 Å². The van der Waals surface area contributed by atoms with Gasteiger partial charge in [-0.3, -0.25) is 9.36 Å². The minimum atomic E-state index is -0.334. The van der Waals surface area contributed by atoms with Gasteiger partial charge in [-0.15, -0.1) is 16.8 Å². The van der Waals surface area contributed by atoms with E-state index in [-0.39, 0.29) is 17.8 Å². The zero-order valence-electron chi connectivity index (χ0n) is 20.1. The highest BCUT2D eigenvalue weighted by atomic mass is 32.2. The zero-order chi connectivity index (χ0) is 24.7. The molecule has 0 fully saturated rings. The summed E-state index contributed by atoms with van der Waals surface area (Å²) in [6.45, 7) is 10.4. The van der Waals surface area contributed by atoms with Gasteiger partial charge >= 0.3 is 0 Å². The number of nitrogens with one attached hydrogen (secondary N) is 1. The number of rotatable bonds is 11. The molecule has 0 aliphatic heterocycles. The third-order valence-electron chi connectivity index (χ3n) is 5.29. The van der Waals surface area contributed by atoms with Gasteiger partial charge in [0.15, 0.2) is 17.1 Å². The van der Waals surface area contributed by atoms with Crippen molar-refractivity contribution in [2.45, 2.75) is 38.6 Å². The topological polar surface area (TPSA) is 87.5 Å². The van der Waals surface area contributed by atoms with Crippen LogP contribution < -0.4 is 19.5 Å². The SMILES string of the molecule is C=CCn1c(SCC(=O)Nc2ccc(OC)cc2OC)nnc1C(C)Oc1cccc(C)c1C.